The number of carbonyl (C=O) groups excluding carboxylic acids is 1. The lowest BCUT2D eigenvalue weighted by Gasteiger charge is -2.36. The van der Waals surface area contributed by atoms with E-state index in [1.165, 1.54) is 0 Å². The van der Waals surface area contributed by atoms with Gasteiger partial charge < -0.3 is 15.5 Å². The molecule has 0 radical (unpaired) electrons. The lowest BCUT2D eigenvalue weighted by atomic mass is 10.0. The molecule has 9 nitrogen and oxygen atoms in total. The number of carbonyl (C=O) groups is 1. The average Bonchev–Trinajstić information content (AvgIpc) is 3.12. The highest BCUT2D eigenvalue weighted by molar-refractivity contribution is 5.97. The number of nitrogens with zero attached hydrogens (tertiary/aromatic N) is 7. The summed E-state index contributed by atoms with van der Waals surface area (Å²) in [5.74, 6) is 0.823. The van der Waals surface area contributed by atoms with E-state index >= 15 is 0 Å². The predicted molar refractivity (Wildman–Crippen MR) is 102 cm³/mol. The van der Waals surface area contributed by atoms with Crippen LogP contribution in [0.15, 0.2) is 30.6 Å². The van der Waals surface area contributed by atoms with Gasteiger partial charge in [0.1, 0.15) is 11.2 Å². The molecule has 2 N–H and O–H groups in total. The molecule has 0 saturated carbocycles. The van der Waals surface area contributed by atoms with Crippen molar-refractivity contribution in [3.8, 4) is 11.4 Å². The molecule has 140 valence electrons. The minimum Gasteiger partial charge on any atom is -0.354 e. The van der Waals surface area contributed by atoms with Crippen molar-refractivity contribution in [2.24, 2.45) is 12.8 Å². The molecule has 0 aromatic carbocycles. The van der Waals surface area contributed by atoms with E-state index in [1.807, 2.05) is 25.2 Å². The van der Waals surface area contributed by atoms with Crippen LogP contribution in [0.4, 0.5) is 10.6 Å². The summed E-state index contributed by atoms with van der Waals surface area (Å²) in [4.78, 5) is 19.8. The van der Waals surface area contributed by atoms with Crippen molar-refractivity contribution < 1.29 is 4.79 Å². The maximum absolute atomic E-state index is 11.4. The van der Waals surface area contributed by atoms with Gasteiger partial charge in [-0.05, 0) is 31.0 Å². The van der Waals surface area contributed by atoms with Crippen LogP contribution in [0, 0.1) is 0 Å². The molecule has 27 heavy (non-hydrogen) atoms. The molecular formula is C18H22N8O. The number of nitrogens with two attached hydrogens (primary N) is 1. The van der Waals surface area contributed by atoms with Crippen LogP contribution < -0.4 is 10.6 Å². The topological polar surface area (TPSA) is 106 Å². The van der Waals surface area contributed by atoms with Crippen LogP contribution in [0.25, 0.3) is 22.3 Å². The molecule has 0 aliphatic carbocycles. The molecule has 0 atom stereocenters. The molecule has 1 aliphatic heterocycles. The van der Waals surface area contributed by atoms with Crippen LogP contribution in [-0.2, 0) is 7.05 Å². The summed E-state index contributed by atoms with van der Waals surface area (Å²) in [5.41, 5.74) is 7.80. The van der Waals surface area contributed by atoms with Crippen LogP contribution in [0.3, 0.4) is 0 Å². The third-order valence-electron chi connectivity index (χ3n) is 5.24. The first-order valence-electron chi connectivity index (χ1n) is 8.93. The molecule has 9 heteroatoms. The normalized spacial score (nSPS) is 15.3. The predicted octanol–water partition coefficient (Wildman–Crippen LogP) is 1.40. The number of aromatic nitrogens is 5. The maximum atomic E-state index is 11.4. The molecule has 2 amide bonds. The van der Waals surface area contributed by atoms with Gasteiger partial charge in [0, 0.05) is 51.0 Å². The largest absolute Gasteiger partial charge is 0.354 e. The van der Waals surface area contributed by atoms with Crippen molar-refractivity contribution in [3.63, 3.8) is 0 Å². The second kappa shape index (κ2) is 6.82. The average molecular weight is 366 g/mol. The third kappa shape index (κ3) is 3.05. The minimum absolute atomic E-state index is 0.157. The van der Waals surface area contributed by atoms with Gasteiger partial charge in [0.25, 0.3) is 0 Å². The summed E-state index contributed by atoms with van der Waals surface area (Å²) in [6, 6.07) is 5.61. The number of amides is 2. The van der Waals surface area contributed by atoms with E-state index in [-0.39, 0.29) is 12.1 Å². The molecule has 1 fully saturated rings. The molecule has 3 aromatic heterocycles. The first kappa shape index (κ1) is 17.2. The van der Waals surface area contributed by atoms with Gasteiger partial charge in [-0.25, -0.2) is 4.79 Å². The van der Waals surface area contributed by atoms with Crippen molar-refractivity contribution in [1.29, 1.82) is 0 Å². The summed E-state index contributed by atoms with van der Waals surface area (Å²) in [6.07, 6.45) is 5.18. The first-order valence-corrected chi connectivity index (χ1v) is 8.93. The second-order valence-corrected chi connectivity index (χ2v) is 6.78. The van der Waals surface area contributed by atoms with Crippen LogP contribution in [0.5, 0.6) is 0 Å². The lowest BCUT2D eigenvalue weighted by Crippen LogP contribution is -2.47. The summed E-state index contributed by atoms with van der Waals surface area (Å²) < 4.78 is 1.77. The van der Waals surface area contributed by atoms with Gasteiger partial charge in [0.2, 0.25) is 0 Å². The number of primary amides is 1. The number of rotatable bonds is 3. The van der Waals surface area contributed by atoms with Crippen molar-refractivity contribution >= 4 is 22.8 Å². The summed E-state index contributed by atoms with van der Waals surface area (Å²) in [5, 5.41) is 14.2. The molecule has 0 bridgehead atoms. The highest BCUT2D eigenvalue weighted by Gasteiger charge is 2.26. The SMILES string of the molecule is CN(C(N)=O)C1CCN(c2nnc(-c3ccnn3C)c3ncccc23)CC1. The number of anilines is 1. The maximum Gasteiger partial charge on any atom is 0.314 e. The van der Waals surface area contributed by atoms with E-state index in [1.54, 1.807) is 29.0 Å². The number of piperidine rings is 1. The Kier molecular flexibility index (Phi) is 4.35. The van der Waals surface area contributed by atoms with Crippen LogP contribution in [0.2, 0.25) is 0 Å². The zero-order valence-corrected chi connectivity index (χ0v) is 15.4. The van der Waals surface area contributed by atoms with E-state index in [0.29, 0.717) is 0 Å². The number of hydrogen-bond donors (Lipinski definition) is 1. The fraction of sp³-hybridized carbons (Fsp3) is 0.389. The van der Waals surface area contributed by atoms with E-state index in [4.69, 9.17) is 5.73 Å². The summed E-state index contributed by atoms with van der Waals surface area (Å²) in [6.45, 7) is 1.57. The Hall–Kier alpha value is -3.23. The molecule has 1 saturated heterocycles. The monoisotopic (exact) mass is 366 g/mol. The van der Waals surface area contributed by atoms with Crippen LogP contribution >= 0.6 is 0 Å². The number of urea groups is 1. The highest BCUT2D eigenvalue weighted by atomic mass is 16.2. The molecular weight excluding hydrogens is 344 g/mol. The molecule has 4 heterocycles. The molecule has 0 unspecified atom stereocenters. The van der Waals surface area contributed by atoms with Crippen molar-refractivity contribution in [3.05, 3.63) is 30.6 Å². The Bertz CT molecular complexity index is 976. The second-order valence-electron chi connectivity index (χ2n) is 6.78. The minimum atomic E-state index is -0.386. The molecule has 3 aromatic rings. The lowest BCUT2D eigenvalue weighted by molar-refractivity contribution is 0.189. The highest BCUT2D eigenvalue weighted by Crippen LogP contribution is 2.31. The van der Waals surface area contributed by atoms with Crippen molar-refractivity contribution in [2.75, 3.05) is 25.0 Å². The zero-order valence-electron chi connectivity index (χ0n) is 15.4. The van der Waals surface area contributed by atoms with Crippen LogP contribution in [-0.4, -0.2) is 62.1 Å². The van der Waals surface area contributed by atoms with Crippen LogP contribution in [0.1, 0.15) is 12.8 Å². The Morgan fingerprint density at radius 1 is 1.22 bits per heavy atom. The van der Waals surface area contributed by atoms with Gasteiger partial charge in [-0.2, -0.15) is 5.10 Å². The number of hydrogen-bond acceptors (Lipinski definition) is 6. The smallest absolute Gasteiger partial charge is 0.314 e. The van der Waals surface area contributed by atoms with Crippen molar-refractivity contribution in [2.45, 2.75) is 18.9 Å². The number of fused-ring (bicyclic) bond motifs is 1. The Morgan fingerprint density at radius 3 is 2.67 bits per heavy atom. The fourth-order valence-corrected chi connectivity index (χ4v) is 3.63. The van der Waals surface area contributed by atoms with E-state index in [9.17, 15) is 4.79 Å². The van der Waals surface area contributed by atoms with Gasteiger partial charge in [0.15, 0.2) is 5.82 Å². The van der Waals surface area contributed by atoms with Gasteiger partial charge >= 0.3 is 6.03 Å². The Morgan fingerprint density at radius 2 is 2.00 bits per heavy atom. The van der Waals surface area contributed by atoms with Gasteiger partial charge in [-0.3, -0.25) is 9.67 Å². The number of aryl methyl sites for hydroxylation is 1. The zero-order chi connectivity index (χ0) is 19.0. The molecule has 0 spiro atoms. The fourth-order valence-electron chi connectivity index (χ4n) is 3.63. The molecule has 1 aliphatic rings. The molecule has 4 rings (SSSR count). The summed E-state index contributed by atoms with van der Waals surface area (Å²) in [7, 11) is 3.63. The van der Waals surface area contributed by atoms with E-state index < -0.39 is 0 Å². The van der Waals surface area contributed by atoms with Crippen molar-refractivity contribution in [1.82, 2.24) is 29.9 Å². The Balaban J connectivity index is 1.67. The third-order valence-corrected chi connectivity index (χ3v) is 5.24. The quantitative estimate of drug-likeness (QED) is 0.751. The van der Waals surface area contributed by atoms with E-state index in [2.05, 4.69) is 25.2 Å². The summed E-state index contributed by atoms with van der Waals surface area (Å²) >= 11 is 0. The Labute approximate surface area is 156 Å². The number of pyridine rings is 1. The van der Waals surface area contributed by atoms with Gasteiger partial charge in [-0.15, -0.1) is 10.2 Å². The van der Waals surface area contributed by atoms with Gasteiger partial charge in [0.05, 0.1) is 5.69 Å². The standard InChI is InChI=1S/C18H22N8O/c1-24(18(19)27)12-6-10-26(11-7-12)17-13-4-3-8-20-15(13)16(22-23-17)14-5-9-21-25(14)2/h3-5,8-9,12H,6-7,10-11H2,1-2H3,(H2,19,27). The van der Waals surface area contributed by atoms with Gasteiger partial charge in [-0.1, -0.05) is 0 Å². The van der Waals surface area contributed by atoms with E-state index in [0.717, 1.165) is 54.0 Å². The first-order chi connectivity index (χ1) is 13.1.